The maximum absolute atomic E-state index is 13.6. The zero-order valence-electron chi connectivity index (χ0n) is 10.8. The normalized spacial score (nSPS) is 17.9. The van der Waals surface area contributed by atoms with Gasteiger partial charge >= 0.3 is 0 Å². The Kier molecular flexibility index (Phi) is 4.55. The molecular weight excluding hydrogens is 231 g/mol. The maximum Gasteiger partial charge on any atom is 0.165 e. The molecule has 1 aromatic rings. The van der Waals surface area contributed by atoms with E-state index in [1.54, 1.807) is 6.07 Å². The van der Waals surface area contributed by atoms with Crippen LogP contribution in [0.25, 0.3) is 0 Å². The van der Waals surface area contributed by atoms with Crippen LogP contribution in [0.5, 0.6) is 5.75 Å². The molecule has 1 saturated carbocycles. The quantitative estimate of drug-likeness (QED) is 0.625. The van der Waals surface area contributed by atoms with Crippen LogP contribution in [0.4, 0.5) is 4.39 Å². The molecular formula is C14H21FN2O. The molecule has 1 fully saturated rings. The second-order valence-electron chi connectivity index (χ2n) is 4.99. The fourth-order valence-electron chi connectivity index (χ4n) is 2.81. The highest BCUT2D eigenvalue weighted by atomic mass is 19.1. The number of hydrogen-bond acceptors (Lipinski definition) is 3. The standard InChI is InChI=1S/C14H21FN2O/c1-18-14-7-6-10(8-12(14)15)9-13(17-16)11-4-2-3-5-11/h6-8,11,13,17H,2-5,9,16H2,1H3. The highest BCUT2D eigenvalue weighted by Crippen LogP contribution is 2.29. The number of nitrogens with one attached hydrogen (secondary N) is 1. The van der Waals surface area contributed by atoms with Gasteiger partial charge in [0.15, 0.2) is 11.6 Å². The molecule has 1 aromatic carbocycles. The van der Waals surface area contributed by atoms with Crippen LogP contribution in [0.2, 0.25) is 0 Å². The molecule has 0 spiro atoms. The van der Waals surface area contributed by atoms with E-state index in [-0.39, 0.29) is 17.6 Å². The molecule has 0 bridgehead atoms. The van der Waals surface area contributed by atoms with Crippen LogP contribution >= 0.6 is 0 Å². The number of methoxy groups -OCH3 is 1. The molecule has 3 nitrogen and oxygen atoms in total. The number of halogens is 1. The Balaban J connectivity index is 2.04. The van der Waals surface area contributed by atoms with Gasteiger partial charge in [-0.2, -0.15) is 0 Å². The summed E-state index contributed by atoms with van der Waals surface area (Å²) in [7, 11) is 1.47. The van der Waals surface area contributed by atoms with Crippen LogP contribution in [0.3, 0.4) is 0 Å². The first-order valence-corrected chi connectivity index (χ1v) is 6.53. The molecule has 1 atom stereocenters. The molecule has 1 aliphatic carbocycles. The van der Waals surface area contributed by atoms with Crippen molar-refractivity contribution in [3.05, 3.63) is 29.6 Å². The summed E-state index contributed by atoms with van der Waals surface area (Å²) in [5.74, 6) is 6.22. The van der Waals surface area contributed by atoms with Crippen LogP contribution in [0, 0.1) is 11.7 Å². The third kappa shape index (κ3) is 3.00. The van der Waals surface area contributed by atoms with Gasteiger partial charge in [0.05, 0.1) is 7.11 Å². The maximum atomic E-state index is 13.6. The molecule has 4 heteroatoms. The molecule has 0 aromatic heterocycles. The number of ether oxygens (including phenoxy) is 1. The van der Waals surface area contributed by atoms with Crippen LogP contribution in [0.1, 0.15) is 31.2 Å². The summed E-state index contributed by atoms with van der Waals surface area (Å²) in [6, 6.07) is 5.35. The van der Waals surface area contributed by atoms with Crippen molar-refractivity contribution in [2.45, 2.75) is 38.1 Å². The number of hydrazine groups is 1. The van der Waals surface area contributed by atoms with Crippen molar-refractivity contribution in [2.75, 3.05) is 7.11 Å². The first kappa shape index (κ1) is 13.3. The molecule has 0 saturated heterocycles. The fraction of sp³-hybridized carbons (Fsp3) is 0.571. The van der Waals surface area contributed by atoms with E-state index < -0.39 is 0 Å². The third-order valence-electron chi connectivity index (χ3n) is 3.85. The molecule has 100 valence electrons. The second kappa shape index (κ2) is 6.16. The molecule has 0 radical (unpaired) electrons. The Morgan fingerprint density at radius 1 is 1.44 bits per heavy atom. The van der Waals surface area contributed by atoms with Gasteiger partial charge in [-0.15, -0.1) is 0 Å². The van der Waals surface area contributed by atoms with Crippen LogP contribution in [-0.2, 0) is 6.42 Å². The Bertz CT molecular complexity index is 391. The van der Waals surface area contributed by atoms with Gasteiger partial charge in [0.2, 0.25) is 0 Å². The van der Waals surface area contributed by atoms with E-state index in [4.69, 9.17) is 10.6 Å². The zero-order chi connectivity index (χ0) is 13.0. The third-order valence-corrected chi connectivity index (χ3v) is 3.85. The summed E-state index contributed by atoms with van der Waals surface area (Å²) in [6.07, 6.45) is 5.75. The smallest absolute Gasteiger partial charge is 0.165 e. The van der Waals surface area contributed by atoms with Gasteiger partial charge in [-0.25, -0.2) is 4.39 Å². The van der Waals surface area contributed by atoms with Crippen molar-refractivity contribution in [2.24, 2.45) is 11.8 Å². The fourth-order valence-corrected chi connectivity index (χ4v) is 2.81. The number of rotatable bonds is 5. The largest absolute Gasteiger partial charge is 0.494 e. The number of hydrogen-bond donors (Lipinski definition) is 2. The van der Waals surface area contributed by atoms with E-state index in [1.807, 2.05) is 6.07 Å². The van der Waals surface area contributed by atoms with Crippen LogP contribution in [-0.4, -0.2) is 13.2 Å². The zero-order valence-corrected chi connectivity index (χ0v) is 10.8. The predicted molar refractivity (Wildman–Crippen MR) is 69.7 cm³/mol. The van der Waals surface area contributed by atoms with Crippen molar-refractivity contribution in [1.29, 1.82) is 0 Å². The molecule has 1 aliphatic rings. The lowest BCUT2D eigenvalue weighted by Gasteiger charge is -2.22. The predicted octanol–water partition coefficient (Wildman–Crippen LogP) is 2.40. The van der Waals surface area contributed by atoms with Gasteiger partial charge in [-0.3, -0.25) is 11.3 Å². The first-order chi connectivity index (χ1) is 8.74. The van der Waals surface area contributed by atoms with Gasteiger partial charge < -0.3 is 4.74 Å². The van der Waals surface area contributed by atoms with E-state index in [0.29, 0.717) is 5.92 Å². The Labute approximate surface area is 107 Å². The Hall–Kier alpha value is -1.13. The molecule has 0 heterocycles. The summed E-state index contributed by atoms with van der Waals surface area (Å²) < 4.78 is 18.5. The van der Waals surface area contributed by atoms with Crippen molar-refractivity contribution in [1.82, 2.24) is 5.43 Å². The molecule has 3 N–H and O–H groups in total. The van der Waals surface area contributed by atoms with Crippen molar-refractivity contribution >= 4 is 0 Å². The molecule has 0 amide bonds. The van der Waals surface area contributed by atoms with Crippen molar-refractivity contribution in [3.8, 4) is 5.75 Å². The molecule has 0 aliphatic heterocycles. The van der Waals surface area contributed by atoms with Crippen LogP contribution < -0.4 is 16.0 Å². The van der Waals surface area contributed by atoms with E-state index in [1.165, 1.54) is 38.9 Å². The summed E-state index contributed by atoms with van der Waals surface area (Å²) in [5, 5.41) is 0. The average Bonchev–Trinajstić information content (AvgIpc) is 2.90. The van der Waals surface area contributed by atoms with Crippen molar-refractivity contribution < 1.29 is 9.13 Å². The molecule has 1 unspecified atom stereocenters. The molecule has 18 heavy (non-hydrogen) atoms. The topological polar surface area (TPSA) is 47.3 Å². The highest BCUT2D eigenvalue weighted by Gasteiger charge is 2.24. The van der Waals surface area contributed by atoms with Gasteiger partial charge in [0.25, 0.3) is 0 Å². The lowest BCUT2D eigenvalue weighted by atomic mass is 9.92. The summed E-state index contributed by atoms with van der Waals surface area (Å²) in [6.45, 7) is 0. The summed E-state index contributed by atoms with van der Waals surface area (Å²) in [4.78, 5) is 0. The van der Waals surface area contributed by atoms with Crippen molar-refractivity contribution in [3.63, 3.8) is 0 Å². The first-order valence-electron chi connectivity index (χ1n) is 6.53. The second-order valence-corrected chi connectivity index (χ2v) is 4.99. The minimum absolute atomic E-state index is 0.236. The summed E-state index contributed by atoms with van der Waals surface area (Å²) in [5.41, 5.74) is 3.85. The highest BCUT2D eigenvalue weighted by molar-refractivity contribution is 5.29. The van der Waals surface area contributed by atoms with Crippen LogP contribution in [0.15, 0.2) is 18.2 Å². The lowest BCUT2D eigenvalue weighted by Crippen LogP contribution is -2.41. The Morgan fingerprint density at radius 3 is 2.72 bits per heavy atom. The monoisotopic (exact) mass is 252 g/mol. The number of benzene rings is 1. The van der Waals surface area contributed by atoms with E-state index in [0.717, 1.165) is 12.0 Å². The minimum Gasteiger partial charge on any atom is -0.494 e. The van der Waals surface area contributed by atoms with Gasteiger partial charge in [0, 0.05) is 6.04 Å². The SMILES string of the molecule is COc1ccc(CC(NN)C2CCCC2)cc1F. The van der Waals surface area contributed by atoms with E-state index in [9.17, 15) is 4.39 Å². The summed E-state index contributed by atoms with van der Waals surface area (Å²) >= 11 is 0. The Morgan fingerprint density at radius 2 is 2.17 bits per heavy atom. The number of nitrogens with two attached hydrogens (primary N) is 1. The van der Waals surface area contributed by atoms with E-state index in [2.05, 4.69) is 5.43 Å². The minimum atomic E-state index is -0.308. The van der Waals surface area contributed by atoms with Gasteiger partial charge in [-0.05, 0) is 42.9 Å². The average molecular weight is 252 g/mol. The molecule has 2 rings (SSSR count). The van der Waals surface area contributed by atoms with Gasteiger partial charge in [-0.1, -0.05) is 18.9 Å². The van der Waals surface area contributed by atoms with E-state index >= 15 is 0 Å². The van der Waals surface area contributed by atoms with Gasteiger partial charge in [0.1, 0.15) is 0 Å². The lowest BCUT2D eigenvalue weighted by molar-refractivity contribution is 0.359.